The van der Waals surface area contributed by atoms with Crippen LogP contribution >= 0.6 is 0 Å². The van der Waals surface area contributed by atoms with E-state index in [2.05, 4.69) is 25.0 Å². The second kappa shape index (κ2) is 6.56. The highest BCUT2D eigenvalue weighted by Crippen LogP contribution is 2.31. The van der Waals surface area contributed by atoms with E-state index in [0.29, 0.717) is 17.0 Å². The lowest BCUT2D eigenvalue weighted by Crippen LogP contribution is -2.31. The van der Waals surface area contributed by atoms with Gasteiger partial charge >= 0.3 is 12.4 Å². The van der Waals surface area contributed by atoms with Gasteiger partial charge in [0.1, 0.15) is 0 Å². The van der Waals surface area contributed by atoms with Crippen LogP contribution in [-0.4, -0.2) is 37.1 Å². The van der Waals surface area contributed by atoms with Crippen molar-refractivity contribution in [2.24, 2.45) is 0 Å². The van der Waals surface area contributed by atoms with Crippen LogP contribution in [-0.2, 0) is 6.18 Å². The van der Waals surface area contributed by atoms with Crippen LogP contribution < -0.4 is 4.74 Å². The maximum atomic E-state index is 14.1. The van der Waals surface area contributed by atoms with Gasteiger partial charge in [-0.2, -0.15) is 36.0 Å². The highest BCUT2D eigenvalue weighted by Gasteiger charge is 2.39. The van der Waals surface area contributed by atoms with Crippen LogP contribution in [0, 0.1) is 12.7 Å². The van der Waals surface area contributed by atoms with Gasteiger partial charge in [-0.05, 0) is 31.5 Å². The summed E-state index contributed by atoms with van der Waals surface area (Å²) >= 11 is 0. The zero-order valence-corrected chi connectivity index (χ0v) is 14.1. The van der Waals surface area contributed by atoms with Crippen molar-refractivity contribution in [3.8, 4) is 17.1 Å². The van der Waals surface area contributed by atoms with Gasteiger partial charge in [0.05, 0.1) is 5.69 Å². The van der Waals surface area contributed by atoms with E-state index in [0.717, 1.165) is 12.3 Å². The molecule has 1 atom stereocenters. The minimum absolute atomic E-state index is 0.0641. The molecule has 3 heterocycles. The molecule has 0 fully saturated rings. The summed E-state index contributed by atoms with van der Waals surface area (Å²) in [4.78, 5) is 3.49. The third-order valence-corrected chi connectivity index (χ3v) is 3.67. The van der Waals surface area contributed by atoms with Gasteiger partial charge < -0.3 is 4.74 Å². The topological polar surface area (TPSA) is 65.2 Å². The van der Waals surface area contributed by atoms with Crippen molar-refractivity contribution in [2.45, 2.75) is 32.3 Å². The molecule has 0 unspecified atom stereocenters. The average molecular weight is 409 g/mol. The maximum Gasteiger partial charge on any atom is 0.453 e. The summed E-state index contributed by atoms with van der Waals surface area (Å²) in [6, 6.07) is 2.02. The number of ether oxygens (including phenoxy) is 1. The van der Waals surface area contributed by atoms with E-state index >= 15 is 0 Å². The predicted octanol–water partition coefficient (Wildman–Crippen LogP) is 3.98. The Hall–Kier alpha value is -2.99. The lowest BCUT2D eigenvalue weighted by Gasteiger charge is -2.17. The van der Waals surface area contributed by atoms with Crippen molar-refractivity contribution in [2.75, 3.05) is 0 Å². The molecule has 0 aliphatic carbocycles. The standard InChI is InChI=1S/C15H10F7N5O/c1-6-3-10-24-25-13(15(20,21)22)27(10)26-11(6)8-4-9(16)12(23-5-8)28-7(2)14(17,18)19/h3-5,7H,1-2H3/t7-/m0/s1. The largest absolute Gasteiger partial charge is 0.463 e. The molecule has 0 saturated heterocycles. The van der Waals surface area contributed by atoms with Gasteiger partial charge in [0.2, 0.25) is 0 Å². The molecule has 0 amide bonds. The number of fused-ring (bicyclic) bond motifs is 1. The molecular formula is C15H10F7N5O. The third kappa shape index (κ3) is 3.68. The fraction of sp³-hybridized carbons (Fsp3) is 0.333. The maximum absolute atomic E-state index is 14.1. The van der Waals surface area contributed by atoms with E-state index in [1.165, 1.54) is 13.0 Å². The van der Waals surface area contributed by atoms with E-state index in [9.17, 15) is 30.7 Å². The second-order valence-corrected chi connectivity index (χ2v) is 5.78. The Labute approximate surface area is 152 Å². The minimum Gasteiger partial charge on any atom is -0.463 e. The highest BCUT2D eigenvalue weighted by atomic mass is 19.4. The monoisotopic (exact) mass is 409 g/mol. The van der Waals surface area contributed by atoms with Gasteiger partial charge in [-0.3, -0.25) is 0 Å². The van der Waals surface area contributed by atoms with Gasteiger partial charge in [0.15, 0.2) is 17.6 Å². The number of pyridine rings is 1. The van der Waals surface area contributed by atoms with Gasteiger partial charge in [-0.1, -0.05) is 0 Å². The molecule has 3 rings (SSSR count). The first-order valence-corrected chi connectivity index (χ1v) is 7.57. The van der Waals surface area contributed by atoms with Crippen LogP contribution in [0.15, 0.2) is 18.3 Å². The van der Waals surface area contributed by atoms with Crippen molar-refractivity contribution < 1.29 is 35.5 Å². The average Bonchev–Trinajstić information content (AvgIpc) is 2.97. The van der Waals surface area contributed by atoms with E-state index in [1.54, 1.807) is 0 Å². The summed E-state index contributed by atoms with van der Waals surface area (Å²) in [7, 11) is 0. The lowest BCUT2D eigenvalue weighted by atomic mass is 10.1. The van der Waals surface area contributed by atoms with Crippen LogP contribution in [0.1, 0.15) is 18.3 Å². The Bertz CT molecular complexity index is 1030. The molecule has 0 aliphatic heterocycles. The smallest absolute Gasteiger partial charge is 0.453 e. The predicted molar refractivity (Wildman–Crippen MR) is 79.9 cm³/mol. The Balaban J connectivity index is 2.03. The van der Waals surface area contributed by atoms with E-state index < -0.39 is 36.0 Å². The number of hydrogen-bond donors (Lipinski definition) is 0. The molecule has 0 aliphatic rings. The summed E-state index contributed by atoms with van der Waals surface area (Å²) in [5.74, 6) is -3.50. The van der Waals surface area contributed by atoms with Crippen molar-refractivity contribution >= 4 is 5.65 Å². The molecule has 0 radical (unpaired) electrons. The zero-order chi connectivity index (χ0) is 20.9. The molecule has 3 aromatic rings. The number of alkyl halides is 6. The molecule has 0 saturated carbocycles. The number of halogens is 7. The number of rotatable bonds is 3. The van der Waals surface area contributed by atoms with Gasteiger partial charge in [-0.25, -0.2) is 9.37 Å². The first kappa shape index (κ1) is 19.8. The molecule has 28 heavy (non-hydrogen) atoms. The Morgan fingerprint density at radius 2 is 1.75 bits per heavy atom. The second-order valence-electron chi connectivity index (χ2n) is 5.78. The molecule has 13 heteroatoms. The molecular weight excluding hydrogens is 399 g/mol. The van der Waals surface area contributed by atoms with E-state index in [4.69, 9.17) is 0 Å². The molecule has 6 nitrogen and oxygen atoms in total. The fourth-order valence-corrected chi connectivity index (χ4v) is 2.26. The summed E-state index contributed by atoms with van der Waals surface area (Å²) < 4.78 is 95.5. The first-order chi connectivity index (χ1) is 12.9. The number of aryl methyl sites for hydroxylation is 1. The van der Waals surface area contributed by atoms with Crippen molar-refractivity contribution in [1.82, 2.24) is 24.8 Å². The van der Waals surface area contributed by atoms with Crippen LogP contribution in [0.25, 0.3) is 16.9 Å². The van der Waals surface area contributed by atoms with Gasteiger partial charge in [0.25, 0.3) is 11.7 Å². The molecule has 0 bridgehead atoms. The summed E-state index contributed by atoms with van der Waals surface area (Å²) in [6.45, 7) is 2.16. The molecule has 0 N–H and O–H groups in total. The molecule has 0 spiro atoms. The summed E-state index contributed by atoms with van der Waals surface area (Å²) in [5, 5.41) is 10.2. The normalized spacial score (nSPS) is 13.8. The highest BCUT2D eigenvalue weighted by molar-refractivity contribution is 5.64. The lowest BCUT2D eigenvalue weighted by molar-refractivity contribution is -0.190. The molecule has 3 aromatic heterocycles. The van der Waals surface area contributed by atoms with Crippen molar-refractivity contribution in [1.29, 1.82) is 0 Å². The van der Waals surface area contributed by atoms with Crippen LogP contribution in [0.4, 0.5) is 30.7 Å². The zero-order valence-electron chi connectivity index (χ0n) is 14.1. The number of hydrogen-bond acceptors (Lipinski definition) is 5. The van der Waals surface area contributed by atoms with Crippen LogP contribution in [0.3, 0.4) is 0 Å². The van der Waals surface area contributed by atoms with E-state index in [1.807, 2.05) is 0 Å². The third-order valence-electron chi connectivity index (χ3n) is 3.67. The summed E-state index contributed by atoms with van der Waals surface area (Å²) in [6.07, 6.45) is -10.9. The Kier molecular flexibility index (Phi) is 4.63. The quantitative estimate of drug-likeness (QED) is 0.613. The Morgan fingerprint density at radius 1 is 1.07 bits per heavy atom. The van der Waals surface area contributed by atoms with Gasteiger partial charge in [0, 0.05) is 11.8 Å². The minimum atomic E-state index is -4.83. The van der Waals surface area contributed by atoms with E-state index in [-0.39, 0.29) is 16.9 Å². The van der Waals surface area contributed by atoms with Gasteiger partial charge in [-0.15, -0.1) is 10.2 Å². The fourth-order valence-electron chi connectivity index (χ4n) is 2.26. The van der Waals surface area contributed by atoms with Crippen molar-refractivity contribution in [3.63, 3.8) is 0 Å². The number of nitrogens with zero attached hydrogens (tertiary/aromatic N) is 5. The molecule has 150 valence electrons. The first-order valence-electron chi connectivity index (χ1n) is 7.57. The molecule has 0 aromatic carbocycles. The van der Waals surface area contributed by atoms with Crippen LogP contribution in [0.2, 0.25) is 0 Å². The number of aromatic nitrogens is 5. The summed E-state index contributed by atoms with van der Waals surface area (Å²) in [5.41, 5.74) is -0.00142. The van der Waals surface area contributed by atoms with Crippen LogP contribution in [0.5, 0.6) is 5.88 Å². The Morgan fingerprint density at radius 3 is 2.32 bits per heavy atom. The van der Waals surface area contributed by atoms with Crippen molar-refractivity contribution in [3.05, 3.63) is 35.5 Å². The SMILES string of the molecule is Cc1cc2nnc(C(F)(F)F)n2nc1-c1cnc(O[C@@H](C)C(F)(F)F)c(F)c1.